The van der Waals surface area contributed by atoms with Crippen LogP contribution in [0.1, 0.15) is 31.7 Å². The van der Waals surface area contributed by atoms with Crippen LogP contribution in [0.15, 0.2) is 30.3 Å². The minimum Gasteiger partial charge on any atom is -0.381 e. The Bertz CT molecular complexity index is 465. The van der Waals surface area contributed by atoms with E-state index in [9.17, 15) is 4.79 Å². The summed E-state index contributed by atoms with van der Waals surface area (Å²) in [7, 11) is 1.72. The Labute approximate surface area is 132 Å². The molecule has 0 aliphatic heterocycles. The van der Waals surface area contributed by atoms with Gasteiger partial charge in [0.2, 0.25) is 5.91 Å². The van der Waals surface area contributed by atoms with Crippen LogP contribution in [-0.4, -0.2) is 31.7 Å². The number of hydrogen-bond acceptors (Lipinski definition) is 3. The highest BCUT2D eigenvalue weighted by Crippen LogP contribution is 2.42. The molecular formula is C16H25ClN2O2. The Morgan fingerprint density at radius 3 is 2.52 bits per heavy atom. The lowest BCUT2D eigenvalue weighted by atomic mass is 9.64. The quantitative estimate of drug-likeness (QED) is 0.875. The molecule has 0 aromatic heterocycles. The van der Waals surface area contributed by atoms with Gasteiger partial charge < -0.3 is 15.8 Å². The highest BCUT2D eigenvalue weighted by atomic mass is 35.5. The van der Waals surface area contributed by atoms with Gasteiger partial charge >= 0.3 is 0 Å². The Hall–Kier alpha value is -1.10. The molecule has 1 fully saturated rings. The largest absolute Gasteiger partial charge is 0.381 e. The number of nitrogens with two attached hydrogens (primary N) is 1. The van der Waals surface area contributed by atoms with Crippen LogP contribution in [0.5, 0.6) is 0 Å². The molecule has 1 amide bonds. The van der Waals surface area contributed by atoms with Crippen molar-refractivity contribution in [1.82, 2.24) is 5.32 Å². The molecule has 0 spiro atoms. The number of halogens is 1. The smallest absolute Gasteiger partial charge is 0.229 e. The predicted octanol–water partition coefficient (Wildman–Crippen LogP) is 2.08. The Morgan fingerprint density at radius 2 is 2.05 bits per heavy atom. The van der Waals surface area contributed by atoms with Crippen LogP contribution in [0.25, 0.3) is 0 Å². The molecule has 0 saturated heterocycles. The molecule has 0 heterocycles. The van der Waals surface area contributed by atoms with Crippen molar-refractivity contribution in [1.29, 1.82) is 0 Å². The van der Waals surface area contributed by atoms with Crippen molar-refractivity contribution >= 4 is 18.3 Å². The number of benzene rings is 1. The molecule has 118 valence electrons. The van der Waals surface area contributed by atoms with Gasteiger partial charge in [0.05, 0.1) is 12.0 Å². The summed E-state index contributed by atoms with van der Waals surface area (Å²) in [5, 5.41) is 3.12. The number of hydrogen-bond donors (Lipinski definition) is 2. The lowest BCUT2D eigenvalue weighted by molar-refractivity contribution is -0.133. The predicted molar refractivity (Wildman–Crippen MR) is 86.6 cm³/mol. The van der Waals surface area contributed by atoms with Gasteiger partial charge in [-0.25, -0.2) is 0 Å². The zero-order valence-corrected chi connectivity index (χ0v) is 13.7. The third kappa shape index (κ3) is 3.57. The van der Waals surface area contributed by atoms with Gasteiger partial charge in [0.15, 0.2) is 0 Å². The van der Waals surface area contributed by atoms with Gasteiger partial charge in [0.1, 0.15) is 0 Å². The Morgan fingerprint density at radius 1 is 1.43 bits per heavy atom. The molecule has 0 bridgehead atoms. The number of methoxy groups -OCH3 is 1. The monoisotopic (exact) mass is 312 g/mol. The van der Waals surface area contributed by atoms with E-state index >= 15 is 0 Å². The molecule has 3 N–H and O–H groups in total. The van der Waals surface area contributed by atoms with Gasteiger partial charge in [-0.15, -0.1) is 12.4 Å². The van der Waals surface area contributed by atoms with Gasteiger partial charge in [-0.3, -0.25) is 4.79 Å². The van der Waals surface area contributed by atoms with Crippen LogP contribution in [0, 0.1) is 5.41 Å². The number of carbonyl (C=O) groups is 1. The van der Waals surface area contributed by atoms with Crippen molar-refractivity contribution in [3.05, 3.63) is 35.9 Å². The molecule has 5 heteroatoms. The second-order valence-corrected chi connectivity index (χ2v) is 6.04. The van der Waals surface area contributed by atoms with Crippen molar-refractivity contribution in [3.8, 4) is 0 Å². The molecule has 1 aliphatic rings. The summed E-state index contributed by atoms with van der Waals surface area (Å²) in [5.74, 6) is -0.278. The van der Waals surface area contributed by atoms with Gasteiger partial charge in [-0.2, -0.15) is 0 Å². The van der Waals surface area contributed by atoms with Gasteiger partial charge in [-0.05, 0) is 12.0 Å². The van der Waals surface area contributed by atoms with Crippen LogP contribution in [0.2, 0.25) is 0 Å². The maximum absolute atomic E-state index is 12.4. The maximum atomic E-state index is 12.4. The van der Waals surface area contributed by atoms with Crippen molar-refractivity contribution in [2.75, 3.05) is 13.7 Å². The molecule has 3 atom stereocenters. The molecule has 1 aromatic rings. The number of nitrogens with one attached hydrogen (secondary N) is 1. The van der Waals surface area contributed by atoms with E-state index in [0.717, 1.165) is 12.0 Å². The zero-order chi connectivity index (χ0) is 14.8. The van der Waals surface area contributed by atoms with E-state index in [-0.39, 0.29) is 41.8 Å². The molecule has 21 heavy (non-hydrogen) atoms. The Balaban J connectivity index is 0.00000220. The minimum atomic E-state index is -0.284. The Kier molecular flexibility index (Phi) is 6.20. The standard InChI is InChI=1S/C16H24N2O2.ClH/c1-16(2)13(9-14(16)20-3)18-15(19)12(10-17)11-7-5-4-6-8-11;/h4-8,12-14H,9-10,17H2,1-3H3,(H,18,19);1H. The summed E-state index contributed by atoms with van der Waals surface area (Å²) < 4.78 is 5.41. The van der Waals surface area contributed by atoms with Crippen LogP contribution < -0.4 is 11.1 Å². The number of amides is 1. The topological polar surface area (TPSA) is 64.3 Å². The summed E-state index contributed by atoms with van der Waals surface area (Å²) >= 11 is 0. The lowest BCUT2D eigenvalue weighted by Gasteiger charge is -2.51. The van der Waals surface area contributed by atoms with Gasteiger partial charge in [-0.1, -0.05) is 44.2 Å². The summed E-state index contributed by atoms with van der Waals surface area (Å²) in [6.07, 6.45) is 1.07. The first-order valence-corrected chi connectivity index (χ1v) is 7.09. The SMILES string of the molecule is COC1CC(NC(=O)C(CN)c2ccccc2)C1(C)C.Cl. The average Bonchev–Trinajstić information content (AvgIpc) is 2.45. The summed E-state index contributed by atoms with van der Waals surface area (Å²) in [4.78, 5) is 12.4. The molecular weight excluding hydrogens is 288 g/mol. The number of ether oxygens (including phenoxy) is 1. The summed E-state index contributed by atoms with van der Waals surface area (Å²) in [6.45, 7) is 4.56. The fourth-order valence-corrected chi connectivity index (χ4v) is 2.88. The summed E-state index contributed by atoms with van der Waals surface area (Å²) in [6, 6.07) is 9.84. The normalized spacial score (nSPS) is 24.4. The fourth-order valence-electron chi connectivity index (χ4n) is 2.88. The third-order valence-corrected chi connectivity index (χ3v) is 4.53. The van der Waals surface area contributed by atoms with Crippen LogP contribution in [0.4, 0.5) is 0 Å². The first-order valence-electron chi connectivity index (χ1n) is 7.09. The van der Waals surface area contributed by atoms with E-state index in [1.807, 2.05) is 30.3 Å². The number of rotatable bonds is 5. The van der Waals surface area contributed by atoms with E-state index in [4.69, 9.17) is 10.5 Å². The van der Waals surface area contributed by atoms with Crippen molar-refractivity contribution in [2.24, 2.45) is 11.1 Å². The van der Waals surface area contributed by atoms with Gasteiger partial charge in [0, 0.05) is 25.1 Å². The molecule has 1 saturated carbocycles. The fraction of sp³-hybridized carbons (Fsp3) is 0.562. The van der Waals surface area contributed by atoms with E-state index in [0.29, 0.717) is 6.54 Å². The highest BCUT2D eigenvalue weighted by Gasteiger charge is 2.49. The number of carbonyl (C=O) groups excluding carboxylic acids is 1. The van der Waals surface area contributed by atoms with Crippen molar-refractivity contribution in [3.63, 3.8) is 0 Å². The second-order valence-electron chi connectivity index (χ2n) is 6.04. The van der Waals surface area contributed by atoms with Crippen LogP contribution >= 0.6 is 12.4 Å². The molecule has 1 aromatic carbocycles. The molecule has 4 nitrogen and oxygen atoms in total. The maximum Gasteiger partial charge on any atom is 0.229 e. The van der Waals surface area contributed by atoms with E-state index < -0.39 is 0 Å². The highest BCUT2D eigenvalue weighted by molar-refractivity contribution is 5.85. The molecule has 3 unspecified atom stereocenters. The van der Waals surface area contributed by atoms with Crippen molar-refractivity contribution < 1.29 is 9.53 Å². The third-order valence-electron chi connectivity index (χ3n) is 4.53. The molecule has 0 radical (unpaired) electrons. The van der Waals surface area contributed by atoms with Gasteiger partial charge in [0.25, 0.3) is 0 Å². The zero-order valence-electron chi connectivity index (χ0n) is 12.8. The second kappa shape index (κ2) is 7.25. The van der Waals surface area contributed by atoms with Crippen LogP contribution in [0.3, 0.4) is 0 Å². The lowest BCUT2D eigenvalue weighted by Crippen LogP contribution is -2.62. The first kappa shape index (κ1) is 18.0. The molecule has 1 aliphatic carbocycles. The minimum absolute atomic E-state index is 0. The van der Waals surface area contributed by atoms with E-state index in [1.54, 1.807) is 7.11 Å². The van der Waals surface area contributed by atoms with Crippen molar-refractivity contribution in [2.45, 2.75) is 38.3 Å². The van der Waals surface area contributed by atoms with Crippen LogP contribution in [-0.2, 0) is 9.53 Å². The van der Waals surface area contributed by atoms with E-state index in [2.05, 4.69) is 19.2 Å². The van der Waals surface area contributed by atoms with E-state index in [1.165, 1.54) is 0 Å². The summed E-state index contributed by atoms with van der Waals surface area (Å²) in [5.41, 5.74) is 6.71. The average molecular weight is 313 g/mol. The molecule has 2 rings (SSSR count). The first-order chi connectivity index (χ1) is 9.50.